The Kier molecular flexibility index (Phi) is 12.0. The fraction of sp³-hybridized carbons (Fsp3) is 0.238. The molecule has 11 nitrogen and oxygen atoms in total. The topological polar surface area (TPSA) is 146 Å². The van der Waals surface area contributed by atoms with Gasteiger partial charge in [-0.25, -0.2) is 13.2 Å². The number of hydrogen-bond donors (Lipinski definition) is 2. The molecule has 0 bridgehead atoms. The number of ether oxygens (including phenoxy) is 2. The number of alkyl carbamates (subject to hydrolysis) is 1. The fourth-order valence-electron chi connectivity index (χ4n) is 6.55. The van der Waals surface area contributed by atoms with Gasteiger partial charge in [-0.2, -0.15) is 0 Å². The van der Waals surface area contributed by atoms with Gasteiger partial charge in [-0.1, -0.05) is 91.0 Å². The molecule has 0 unspecified atom stereocenters. The Morgan fingerprint density at radius 1 is 0.852 bits per heavy atom. The van der Waals surface area contributed by atoms with E-state index in [1.54, 1.807) is 47.4 Å². The molecule has 0 radical (unpaired) electrons. The van der Waals surface area contributed by atoms with Crippen LogP contribution in [0.25, 0.3) is 10.8 Å². The van der Waals surface area contributed by atoms with Gasteiger partial charge in [-0.05, 0) is 72.0 Å². The first kappa shape index (κ1) is 37.7. The van der Waals surface area contributed by atoms with Gasteiger partial charge >= 0.3 is 12.1 Å². The number of anilines is 2. The van der Waals surface area contributed by atoms with Crippen LogP contribution in [0, 0.1) is 5.41 Å². The van der Waals surface area contributed by atoms with Crippen LogP contribution in [0.3, 0.4) is 0 Å². The summed E-state index contributed by atoms with van der Waals surface area (Å²) in [6.45, 7) is 0.708. The predicted octanol–water partition coefficient (Wildman–Crippen LogP) is 7.15. The summed E-state index contributed by atoms with van der Waals surface area (Å²) in [5, 5.41) is 12.1. The van der Waals surface area contributed by atoms with Crippen molar-refractivity contribution in [1.29, 1.82) is 5.41 Å². The molecule has 0 saturated carbocycles. The van der Waals surface area contributed by atoms with E-state index < -0.39 is 22.1 Å². The van der Waals surface area contributed by atoms with Gasteiger partial charge in [0.25, 0.3) is 10.0 Å². The van der Waals surface area contributed by atoms with Crippen LogP contribution in [-0.2, 0) is 48.5 Å². The standard InChI is InChI=1S/C42H42N4O7S/c1-52-40(48)17-9-27-46(54(50,51)38-16-7-13-32-12-5-6-15-36(32)38)35-23-24-37-34(28-35)14-8-26-45(37)39(47)25-20-30-18-21-33(22-19-30)41(43)44-42(49)53-29-31-10-3-2-4-11-31/h2-7,10-13,15-16,18-19,21-24,28H,8-9,14,17,20,25-27,29H2,1H3,(H2,43,44,49). The van der Waals surface area contributed by atoms with Gasteiger partial charge in [0, 0.05) is 42.6 Å². The minimum atomic E-state index is -4.05. The number of methoxy groups -OCH3 is 1. The number of aryl methyl sites for hydroxylation is 2. The van der Waals surface area contributed by atoms with Crippen molar-refractivity contribution in [3.63, 3.8) is 0 Å². The van der Waals surface area contributed by atoms with Crippen LogP contribution in [0.15, 0.2) is 120 Å². The molecule has 0 atom stereocenters. The molecule has 2 N–H and O–H groups in total. The molecule has 54 heavy (non-hydrogen) atoms. The molecule has 6 rings (SSSR count). The molecule has 0 aromatic heterocycles. The second-order valence-corrected chi connectivity index (χ2v) is 14.8. The SMILES string of the molecule is COC(=O)CCCN(c1ccc2c(c1)CCCN2C(=O)CCc1ccc(C(=N)NC(=O)OCc2ccccc2)cc1)S(=O)(=O)c1cccc2ccccc12. The number of carbonyl (C=O) groups excluding carboxylic acids is 3. The van der Waals surface area contributed by atoms with Gasteiger partial charge in [-0.3, -0.25) is 24.6 Å². The lowest BCUT2D eigenvalue weighted by molar-refractivity contribution is -0.140. The third-order valence-corrected chi connectivity index (χ3v) is 11.3. The lowest BCUT2D eigenvalue weighted by atomic mass is 9.99. The molecule has 12 heteroatoms. The van der Waals surface area contributed by atoms with Crippen molar-refractivity contribution < 1.29 is 32.3 Å². The number of amidine groups is 1. The monoisotopic (exact) mass is 746 g/mol. The number of rotatable bonds is 13. The van der Waals surface area contributed by atoms with E-state index >= 15 is 0 Å². The number of esters is 1. The number of sulfonamides is 1. The van der Waals surface area contributed by atoms with E-state index in [1.165, 1.54) is 11.4 Å². The highest BCUT2D eigenvalue weighted by atomic mass is 32.2. The Bertz CT molecular complexity index is 2260. The summed E-state index contributed by atoms with van der Waals surface area (Å²) < 4.78 is 40.0. The highest BCUT2D eigenvalue weighted by Crippen LogP contribution is 2.35. The van der Waals surface area contributed by atoms with Crippen molar-refractivity contribution in [2.24, 2.45) is 0 Å². The van der Waals surface area contributed by atoms with Gasteiger partial charge in [0.15, 0.2) is 0 Å². The molecule has 278 valence electrons. The fourth-order valence-corrected chi connectivity index (χ4v) is 8.26. The molecule has 2 amide bonds. The van der Waals surface area contributed by atoms with E-state index in [1.807, 2.05) is 72.8 Å². The van der Waals surface area contributed by atoms with Crippen molar-refractivity contribution in [2.75, 3.05) is 29.4 Å². The maximum atomic E-state index is 14.3. The largest absolute Gasteiger partial charge is 0.469 e. The number of amides is 2. The van der Waals surface area contributed by atoms with Crippen LogP contribution in [0.2, 0.25) is 0 Å². The lowest BCUT2D eigenvalue weighted by Gasteiger charge is -2.32. The Hall–Kier alpha value is -6.01. The minimum absolute atomic E-state index is 0.0540. The van der Waals surface area contributed by atoms with Gasteiger partial charge < -0.3 is 14.4 Å². The van der Waals surface area contributed by atoms with Crippen LogP contribution in [0.5, 0.6) is 0 Å². The van der Waals surface area contributed by atoms with Gasteiger partial charge in [0.1, 0.15) is 12.4 Å². The van der Waals surface area contributed by atoms with E-state index in [9.17, 15) is 22.8 Å². The molecule has 0 aliphatic carbocycles. The van der Waals surface area contributed by atoms with Crippen molar-refractivity contribution >= 4 is 56.0 Å². The van der Waals surface area contributed by atoms with Crippen LogP contribution >= 0.6 is 0 Å². The number of fused-ring (bicyclic) bond motifs is 2. The number of nitrogens with one attached hydrogen (secondary N) is 2. The first-order chi connectivity index (χ1) is 26.1. The summed E-state index contributed by atoms with van der Waals surface area (Å²) in [6.07, 6.45) is 1.73. The van der Waals surface area contributed by atoms with E-state index in [0.717, 1.165) is 34.2 Å². The van der Waals surface area contributed by atoms with Gasteiger partial charge in [0.2, 0.25) is 5.91 Å². The van der Waals surface area contributed by atoms with Gasteiger partial charge in [-0.15, -0.1) is 0 Å². The van der Waals surface area contributed by atoms with Crippen molar-refractivity contribution in [3.05, 3.63) is 138 Å². The van der Waals surface area contributed by atoms with E-state index in [2.05, 4.69) is 5.32 Å². The smallest absolute Gasteiger partial charge is 0.413 e. The molecule has 5 aromatic rings. The normalized spacial score (nSPS) is 12.4. The molecule has 1 heterocycles. The Balaban J connectivity index is 1.12. The Morgan fingerprint density at radius 2 is 1.59 bits per heavy atom. The van der Waals surface area contributed by atoms with Crippen LogP contribution in [0.4, 0.5) is 16.2 Å². The molecule has 0 saturated heterocycles. The molecule has 5 aromatic carbocycles. The van der Waals surface area contributed by atoms with Crippen molar-refractivity contribution in [1.82, 2.24) is 5.32 Å². The average Bonchev–Trinajstić information content (AvgIpc) is 3.20. The summed E-state index contributed by atoms with van der Waals surface area (Å²) in [7, 11) is -2.74. The summed E-state index contributed by atoms with van der Waals surface area (Å²) in [4.78, 5) is 39.7. The first-order valence-corrected chi connectivity index (χ1v) is 19.2. The number of nitrogens with zero attached hydrogens (tertiary/aromatic N) is 2. The van der Waals surface area contributed by atoms with E-state index in [-0.39, 0.29) is 49.1 Å². The summed E-state index contributed by atoms with van der Waals surface area (Å²) in [5.41, 5.74) is 4.34. The summed E-state index contributed by atoms with van der Waals surface area (Å²) in [6, 6.07) is 34.3. The number of hydrogen-bond acceptors (Lipinski definition) is 8. The van der Waals surface area contributed by atoms with Crippen LogP contribution in [-0.4, -0.2) is 52.4 Å². The number of benzene rings is 5. The zero-order valence-electron chi connectivity index (χ0n) is 30.0. The van der Waals surface area contributed by atoms with Crippen LogP contribution < -0.4 is 14.5 Å². The maximum Gasteiger partial charge on any atom is 0.413 e. The average molecular weight is 747 g/mol. The Labute approximate surface area is 315 Å². The maximum absolute atomic E-state index is 14.3. The number of carbonyl (C=O) groups is 3. The molecular formula is C42H42N4O7S. The minimum Gasteiger partial charge on any atom is -0.469 e. The predicted molar refractivity (Wildman–Crippen MR) is 208 cm³/mol. The third kappa shape index (κ3) is 8.95. The summed E-state index contributed by atoms with van der Waals surface area (Å²) >= 11 is 0. The Morgan fingerprint density at radius 3 is 2.37 bits per heavy atom. The quantitative estimate of drug-likeness (QED) is 0.0739. The van der Waals surface area contributed by atoms with Crippen molar-refractivity contribution in [3.8, 4) is 0 Å². The van der Waals surface area contributed by atoms with Crippen LogP contribution in [0.1, 0.15) is 47.9 Å². The van der Waals surface area contributed by atoms with Gasteiger partial charge in [0.05, 0.1) is 17.7 Å². The third-order valence-electron chi connectivity index (χ3n) is 9.37. The zero-order chi connectivity index (χ0) is 38.1. The lowest BCUT2D eigenvalue weighted by Crippen LogP contribution is -2.36. The molecule has 1 aliphatic heterocycles. The van der Waals surface area contributed by atoms with Crippen molar-refractivity contribution in [2.45, 2.75) is 50.0 Å². The molecule has 0 spiro atoms. The second-order valence-electron chi connectivity index (χ2n) is 13.0. The second kappa shape index (κ2) is 17.2. The molecule has 0 fully saturated rings. The summed E-state index contributed by atoms with van der Waals surface area (Å²) in [5.74, 6) is -0.560. The molecular weight excluding hydrogens is 705 g/mol. The highest BCUT2D eigenvalue weighted by Gasteiger charge is 2.29. The first-order valence-electron chi connectivity index (χ1n) is 17.8. The molecule has 1 aliphatic rings. The highest BCUT2D eigenvalue weighted by molar-refractivity contribution is 7.93. The van der Waals surface area contributed by atoms with E-state index in [4.69, 9.17) is 14.9 Å². The zero-order valence-corrected chi connectivity index (χ0v) is 30.8. The van der Waals surface area contributed by atoms with E-state index in [0.29, 0.717) is 36.0 Å².